The summed E-state index contributed by atoms with van der Waals surface area (Å²) < 4.78 is 9.23. The Hall–Kier alpha value is -3.07. The van der Waals surface area contributed by atoms with Crippen LogP contribution in [0.5, 0.6) is 0 Å². The maximum absolute atomic E-state index is 12.6. The molecule has 9 nitrogen and oxygen atoms in total. The molecule has 26 heavy (non-hydrogen) atoms. The Morgan fingerprint density at radius 3 is 2.65 bits per heavy atom. The molecule has 9 heteroatoms. The molecule has 0 aliphatic heterocycles. The van der Waals surface area contributed by atoms with Crippen molar-refractivity contribution in [1.82, 2.24) is 19.0 Å². The number of aryl methyl sites for hydroxylation is 1. The Kier molecular flexibility index (Phi) is 4.56. The minimum atomic E-state index is -0.709. The predicted octanol–water partition coefficient (Wildman–Crippen LogP) is -0.209. The predicted molar refractivity (Wildman–Crippen MR) is 94.2 cm³/mol. The summed E-state index contributed by atoms with van der Waals surface area (Å²) in [7, 11) is 2.93. The summed E-state index contributed by atoms with van der Waals surface area (Å²) >= 11 is 0. The molecule has 0 radical (unpaired) electrons. The van der Waals surface area contributed by atoms with Crippen LogP contribution < -0.4 is 16.6 Å². The number of rotatable bonds is 5. The lowest BCUT2D eigenvalue weighted by Gasteiger charge is -2.12. The number of amides is 1. The van der Waals surface area contributed by atoms with Crippen molar-refractivity contribution in [3.8, 4) is 0 Å². The molecule has 3 heterocycles. The summed E-state index contributed by atoms with van der Waals surface area (Å²) in [6.07, 6.45) is 0.797. The first-order valence-corrected chi connectivity index (χ1v) is 8.09. The molecule has 0 aliphatic rings. The minimum Gasteiger partial charge on any atom is -0.467 e. The molecule has 3 aromatic rings. The zero-order chi connectivity index (χ0) is 19.0. The average Bonchev–Trinajstić information content (AvgIpc) is 3.24. The Balaban J connectivity index is 2.24. The van der Waals surface area contributed by atoms with Crippen LogP contribution in [0.1, 0.15) is 23.2 Å². The molecular formula is C17H20N4O5. The number of carbonyl (C=O) groups excluding carboxylic acids is 1. The van der Waals surface area contributed by atoms with Gasteiger partial charge in [-0.05, 0) is 25.1 Å². The molecule has 0 aliphatic carbocycles. The number of carbonyl (C=O) groups is 1. The molecule has 1 atom stereocenters. The highest BCUT2D eigenvalue weighted by Crippen LogP contribution is 2.18. The Morgan fingerprint density at radius 1 is 1.31 bits per heavy atom. The van der Waals surface area contributed by atoms with Gasteiger partial charge in [0.25, 0.3) is 11.5 Å². The molecule has 3 rings (SSSR count). The number of furan rings is 1. The molecule has 0 fully saturated rings. The van der Waals surface area contributed by atoms with Gasteiger partial charge in [-0.1, -0.05) is 0 Å². The second-order valence-electron chi connectivity index (χ2n) is 6.20. The number of hydrogen-bond donors (Lipinski definition) is 2. The highest BCUT2D eigenvalue weighted by Gasteiger charge is 2.22. The molecule has 0 saturated carbocycles. The second kappa shape index (κ2) is 6.68. The van der Waals surface area contributed by atoms with Crippen molar-refractivity contribution < 1.29 is 14.3 Å². The summed E-state index contributed by atoms with van der Waals surface area (Å²) in [6.45, 7) is 1.80. The smallest absolute Gasteiger partial charge is 0.332 e. The molecule has 0 unspecified atom stereocenters. The van der Waals surface area contributed by atoms with Gasteiger partial charge in [-0.3, -0.25) is 18.7 Å². The van der Waals surface area contributed by atoms with Gasteiger partial charge in [0.2, 0.25) is 0 Å². The molecule has 0 bridgehead atoms. The molecule has 0 saturated heterocycles. The van der Waals surface area contributed by atoms with Crippen molar-refractivity contribution in [3.63, 3.8) is 0 Å². The van der Waals surface area contributed by atoms with Gasteiger partial charge in [0.05, 0.1) is 24.3 Å². The van der Waals surface area contributed by atoms with E-state index in [0.717, 1.165) is 4.57 Å². The van der Waals surface area contributed by atoms with Crippen LogP contribution in [0.4, 0.5) is 0 Å². The fourth-order valence-corrected chi connectivity index (χ4v) is 2.88. The third-order valence-electron chi connectivity index (χ3n) is 4.18. The van der Waals surface area contributed by atoms with Gasteiger partial charge in [0, 0.05) is 20.6 Å². The number of aromatic nitrogens is 3. The van der Waals surface area contributed by atoms with Gasteiger partial charge in [0.15, 0.2) is 0 Å². The third kappa shape index (κ3) is 2.97. The van der Waals surface area contributed by atoms with Gasteiger partial charge in [-0.2, -0.15) is 0 Å². The van der Waals surface area contributed by atoms with E-state index in [1.165, 1.54) is 23.9 Å². The maximum Gasteiger partial charge on any atom is 0.332 e. The number of aliphatic hydroxyl groups excluding tert-OH is 1. The topological polar surface area (TPSA) is 111 Å². The normalized spacial score (nSPS) is 12.5. The largest absolute Gasteiger partial charge is 0.467 e. The maximum atomic E-state index is 12.6. The van der Waals surface area contributed by atoms with Gasteiger partial charge in [-0.25, -0.2) is 4.79 Å². The number of hydrogen-bond acceptors (Lipinski definition) is 5. The number of aliphatic hydroxyl groups is 1. The standard InChI is InChI=1S/C17H20N4O5/c1-10(22)8-18-14(23)13-7-12-15(19(2)17(25)20(3)16(12)24)21(13)9-11-5-4-6-26-11/h4-7,10,22H,8-9H2,1-3H3,(H,18,23)/t10-/m1/s1. The Labute approximate surface area is 148 Å². The first-order valence-electron chi connectivity index (χ1n) is 8.09. The number of nitrogens with zero attached hydrogens (tertiary/aromatic N) is 3. The van der Waals surface area contributed by atoms with E-state index in [0.29, 0.717) is 11.4 Å². The molecule has 3 aromatic heterocycles. The van der Waals surface area contributed by atoms with Crippen molar-refractivity contribution in [2.24, 2.45) is 14.1 Å². The lowest BCUT2D eigenvalue weighted by atomic mass is 10.3. The molecule has 2 N–H and O–H groups in total. The fraction of sp³-hybridized carbons (Fsp3) is 0.353. The van der Waals surface area contributed by atoms with Crippen molar-refractivity contribution in [1.29, 1.82) is 0 Å². The monoisotopic (exact) mass is 360 g/mol. The van der Waals surface area contributed by atoms with Crippen molar-refractivity contribution in [3.05, 3.63) is 56.8 Å². The molecular weight excluding hydrogens is 340 g/mol. The van der Waals surface area contributed by atoms with Gasteiger partial charge < -0.3 is 19.4 Å². The SMILES string of the molecule is C[C@@H](O)CNC(=O)c1cc2c(=O)n(C)c(=O)n(C)c2n1Cc1ccco1. The van der Waals surface area contributed by atoms with Crippen LogP contribution in [0.3, 0.4) is 0 Å². The zero-order valence-corrected chi connectivity index (χ0v) is 14.7. The minimum absolute atomic E-state index is 0.0675. The summed E-state index contributed by atoms with van der Waals surface area (Å²) in [5.74, 6) is 0.114. The summed E-state index contributed by atoms with van der Waals surface area (Å²) in [5, 5.41) is 12.3. The quantitative estimate of drug-likeness (QED) is 0.654. The molecule has 1 amide bonds. The Morgan fingerprint density at radius 2 is 2.04 bits per heavy atom. The van der Waals surface area contributed by atoms with E-state index in [2.05, 4.69) is 5.32 Å². The molecule has 0 aromatic carbocycles. The van der Waals surface area contributed by atoms with E-state index in [1.54, 1.807) is 30.7 Å². The first-order chi connectivity index (χ1) is 12.3. The molecule has 138 valence electrons. The van der Waals surface area contributed by atoms with Crippen molar-refractivity contribution in [2.75, 3.05) is 6.54 Å². The highest BCUT2D eigenvalue weighted by molar-refractivity contribution is 5.98. The van der Waals surface area contributed by atoms with E-state index in [9.17, 15) is 19.5 Å². The van der Waals surface area contributed by atoms with E-state index in [4.69, 9.17) is 4.42 Å². The van der Waals surface area contributed by atoms with E-state index < -0.39 is 23.3 Å². The summed E-state index contributed by atoms with van der Waals surface area (Å²) in [4.78, 5) is 37.4. The van der Waals surface area contributed by atoms with Gasteiger partial charge in [0.1, 0.15) is 17.1 Å². The Bertz CT molecular complexity index is 1070. The summed E-state index contributed by atoms with van der Waals surface area (Å²) in [6, 6.07) is 4.91. The van der Waals surface area contributed by atoms with Gasteiger partial charge >= 0.3 is 5.69 Å². The summed E-state index contributed by atoms with van der Waals surface area (Å²) in [5.41, 5.74) is -0.435. The zero-order valence-electron chi connectivity index (χ0n) is 14.7. The van der Waals surface area contributed by atoms with Crippen molar-refractivity contribution >= 4 is 16.9 Å². The van der Waals surface area contributed by atoms with Crippen LogP contribution in [-0.4, -0.2) is 37.4 Å². The second-order valence-corrected chi connectivity index (χ2v) is 6.20. The third-order valence-corrected chi connectivity index (χ3v) is 4.18. The molecule has 0 spiro atoms. The van der Waals surface area contributed by atoms with Crippen LogP contribution in [0.15, 0.2) is 38.5 Å². The van der Waals surface area contributed by atoms with Crippen molar-refractivity contribution in [2.45, 2.75) is 19.6 Å². The van der Waals surface area contributed by atoms with E-state index in [-0.39, 0.29) is 24.2 Å². The van der Waals surface area contributed by atoms with E-state index in [1.807, 2.05) is 0 Å². The van der Waals surface area contributed by atoms with Crippen LogP contribution in [0.25, 0.3) is 11.0 Å². The number of fused-ring (bicyclic) bond motifs is 1. The number of nitrogens with one attached hydrogen (secondary N) is 1. The van der Waals surface area contributed by atoms with Crippen LogP contribution in [0.2, 0.25) is 0 Å². The van der Waals surface area contributed by atoms with Crippen LogP contribution in [0, 0.1) is 0 Å². The lowest BCUT2D eigenvalue weighted by molar-refractivity contribution is 0.0915. The lowest BCUT2D eigenvalue weighted by Crippen LogP contribution is -2.37. The first kappa shape index (κ1) is 17.7. The van der Waals surface area contributed by atoms with Gasteiger partial charge in [-0.15, -0.1) is 0 Å². The fourth-order valence-electron chi connectivity index (χ4n) is 2.88. The average molecular weight is 360 g/mol. The van der Waals surface area contributed by atoms with Crippen LogP contribution in [-0.2, 0) is 20.6 Å². The van der Waals surface area contributed by atoms with Crippen LogP contribution >= 0.6 is 0 Å². The highest BCUT2D eigenvalue weighted by atomic mass is 16.3. The van der Waals surface area contributed by atoms with E-state index >= 15 is 0 Å².